The molecular formula is C20H25NO3. The first-order valence-corrected chi connectivity index (χ1v) is 8.84. The fourth-order valence-corrected chi connectivity index (χ4v) is 3.87. The van der Waals surface area contributed by atoms with Gasteiger partial charge in [-0.1, -0.05) is 43.2 Å². The van der Waals surface area contributed by atoms with E-state index < -0.39 is 5.60 Å². The van der Waals surface area contributed by atoms with E-state index in [1.807, 2.05) is 37.3 Å². The normalized spacial score (nSPS) is 21.3. The summed E-state index contributed by atoms with van der Waals surface area (Å²) in [5.74, 6) is -0.508. The number of hydrogen-bond acceptors (Lipinski definition) is 3. The van der Waals surface area contributed by atoms with E-state index in [1.165, 1.54) is 0 Å². The molecule has 1 aromatic carbocycles. The molecule has 0 aromatic heterocycles. The Morgan fingerprint density at radius 2 is 1.75 bits per heavy atom. The van der Waals surface area contributed by atoms with E-state index in [0.717, 1.165) is 44.1 Å². The molecule has 2 aliphatic rings. The smallest absolute Gasteiger partial charge is 0.335 e. The number of nitrogens with one attached hydrogen (secondary N) is 1. The molecule has 0 radical (unpaired) electrons. The van der Waals surface area contributed by atoms with E-state index in [0.29, 0.717) is 11.1 Å². The van der Waals surface area contributed by atoms with Crippen LogP contribution in [-0.4, -0.2) is 17.5 Å². The second kappa shape index (κ2) is 6.80. The van der Waals surface area contributed by atoms with Crippen molar-refractivity contribution in [3.63, 3.8) is 0 Å². The van der Waals surface area contributed by atoms with E-state index in [2.05, 4.69) is 5.32 Å². The number of rotatable bonds is 3. The van der Waals surface area contributed by atoms with Crippen LogP contribution < -0.4 is 5.32 Å². The van der Waals surface area contributed by atoms with E-state index in [1.54, 1.807) is 6.92 Å². The number of benzene rings is 1. The van der Waals surface area contributed by atoms with Gasteiger partial charge in [-0.05, 0) is 45.1 Å². The third-order valence-corrected chi connectivity index (χ3v) is 5.21. The first kappa shape index (κ1) is 16.7. The highest BCUT2D eigenvalue weighted by Gasteiger charge is 2.49. The van der Waals surface area contributed by atoms with Crippen molar-refractivity contribution in [1.82, 2.24) is 5.32 Å². The van der Waals surface area contributed by atoms with Crippen molar-refractivity contribution in [2.75, 3.05) is 0 Å². The maximum atomic E-state index is 13.0. The predicted octanol–water partition coefficient (Wildman–Crippen LogP) is 3.83. The summed E-state index contributed by atoms with van der Waals surface area (Å²) in [6.45, 7) is 3.67. The van der Waals surface area contributed by atoms with E-state index in [-0.39, 0.29) is 17.9 Å². The van der Waals surface area contributed by atoms with Gasteiger partial charge in [0.25, 0.3) is 5.91 Å². The molecule has 4 nitrogen and oxygen atoms in total. The van der Waals surface area contributed by atoms with Crippen LogP contribution in [0.1, 0.15) is 64.0 Å². The molecule has 1 fully saturated rings. The lowest BCUT2D eigenvalue weighted by atomic mass is 9.84. The van der Waals surface area contributed by atoms with Crippen molar-refractivity contribution in [2.24, 2.45) is 0 Å². The molecule has 1 amide bonds. The van der Waals surface area contributed by atoms with Gasteiger partial charge in [0, 0.05) is 5.57 Å². The Morgan fingerprint density at radius 1 is 1.12 bits per heavy atom. The van der Waals surface area contributed by atoms with Gasteiger partial charge in [0.1, 0.15) is 5.60 Å². The van der Waals surface area contributed by atoms with E-state index in [9.17, 15) is 9.59 Å². The fraction of sp³-hybridized carbons (Fsp3) is 0.500. The molecule has 1 atom stereocenters. The molecule has 1 heterocycles. The Morgan fingerprint density at radius 3 is 2.38 bits per heavy atom. The minimum atomic E-state index is -0.710. The predicted molar refractivity (Wildman–Crippen MR) is 92.2 cm³/mol. The van der Waals surface area contributed by atoms with Crippen LogP contribution in [0.3, 0.4) is 0 Å². The summed E-state index contributed by atoms with van der Waals surface area (Å²) < 4.78 is 5.73. The van der Waals surface area contributed by atoms with Crippen molar-refractivity contribution in [3.8, 4) is 0 Å². The fourth-order valence-electron chi connectivity index (χ4n) is 3.87. The van der Waals surface area contributed by atoms with Gasteiger partial charge in [0.05, 0.1) is 11.6 Å². The summed E-state index contributed by atoms with van der Waals surface area (Å²) in [5, 5.41) is 3.05. The standard InChI is InChI=1S/C20H25NO3/c1-14-17(18(22)21-15(2)16-10-6-5-7-11-16)20(24-19(14)23)12-8-3-4-9-13-20/h5-7,10-11,15H,3-4,8-9,12-13H2,1-2H3,(H,21,22)/t15-/m0/s1. The molecular weight excluding hydrogens is 302 g/mol. The van der Waals surface area contributed by atoms with Crippen molar-refractivity contribution in [1.29, 1.82) is 0 Å². The molecule has 128 valence electrons. The van der Waals surface area contributed by atoms with Gasteiger partial charge in [-0.25, -0.2) is 4.79 Å². The van der Waals surface area contributed by atoms with Crippen molar-refractivity contribution >= 4 is 11.9 Å². The van der Waals surface area contributed by atoms with Gasteiger partial charge in [0.2, 0.25) is 0 Å². The van der Waals surface area contributed by atoms with Gasteiger partial charge in [-0.3, -0.25) is 4.79 Å². The number of carbonyl (C=O) groups excluding carboxylic acids is 2. The highest BCUT2D eigenvalue weighted by Crippen LogP contribution is 2.43. The minimum Gasteiger partial charge on any atom is -0.451 e. The molecule has 1 spiro atoms. The van der Waals surface area contributed by atoms with Crippen molar-refractivity contribution < 1.29 is 14.3 Å². The summed E-state index contributed by atoms with van der Waals surface area (Å²) in [6.07, 6.45) is 5.75. The van der Waals surface area contributed by atoms with Crippen LogP contribution in [0, 0.1) is 0 Å². The average molecular weight is 327 g/mol. The van der Waals surface area contributed by atoms with Crippen molar-refractivity contribution in [2.45, 2.75) is 64.0 Å². The SMILES string of the molecule is CC1=C(C(=O)N[C@@H](C)c2ccccc2)C2(CCCCCC2)OC1=O. The Labute approximate surface area is 143 Å². The Balaban J connectivity index is 1.84. The lowest BCUT2D eigenvalue weighted by Gasteiger charge is -2.30. The monoisotopic (exact) mass is 327 g/mol. The maximum absolute atomic E-state index is 13.0. The lowest BCUT2D eigenvalue weighted by molar-refractivity contribution is -0.148. The van der Waals surface area contributed by atoms with Gasteiger partial charge in [-0.15, -0.1) is 0 Å². The second-order valence-corrected chi connectivity index (χ2v) is 6.90. The van der Waals surface area contributed by atoms with E-state index in [4.69, 9.17) is 4.74 Å². The third-order valence-electron chi connectivity index (χ3n) is 5.21. The zero-order valence-corrected chi connectivity index (χ0v) is 14.4. The minimum absolute atomic E-state index is 0.113. The van der Waals surface area contributed by atoms with Crippen LogP contribution in [0.2, 0.25) is 0 Å². The number of carbonyl (C=O) groups is 2. The summed E-state index contributed by atoms with van der Waals surface area (Å²) in [4.78, 5) is 25.1. The number of ether oxygens (including phenoxy) is 1. The summed E-state index contributed by atoms with van der Waals surface area (Å²) in [5.41, 5.74) is 1.36. The quantitative estimate of drug-likeness (QED) is 0.858. The van der Waals surface area contributed by atoms with Gasteiger partial charge >= 0.3 is 5.97 Å². The molecule has 0 bridgehead atoms. The van der Waals surface area contributed by atoms with E-state index >= 15 is 0 Å². The highest BCUT2D eigenvalue weighted by molar-refractivity contribution is 6.07. The molecule has 3 rings (SSSR count). The molecule has 0 saturated heterocycles. The third kappa shape index (κ3) is 3.10. The van der Waals surface area contributed by atoms with Crippen LogP contribution in [0.25, 0.3) is 0 Å². The maximum Gasteiger partial charge on any atom is 0.335 e. The number of amides is 1. The van der Waals surface area contributed by atoms with Gasteiger partial charge in [0.15, 0.2) is 0 Å². The Bertz CT molecular complexity index is 655. The van der Waals surface area contributed by atoms with Crippen LogP contribution in [0.5, 0.6) is 0 Å². The average Bonchev–Trinajstić information content (AvgIpc) is 2.71. The van der Waals surface area contributed by atoms with Crippen LogP contribution in [0.15, 0.2) is 41.5 Å². The molecule has 4 heteroatoms. The lowest BCUT2D eigenvalue weighted by Crippen LogP contribution is -2.40. The largest absolute Gasteiger partial charge is 0.451 e. The zero-order chi connectivity index (χ0) is 17.2. The molecule has 1 aromatic rings. The van der Waals surface area contributed by atoms with Crippen LogP contribution in [0.4, 0.5) is 0 Å². The Hall–Kier alpha value is -2.10. The van der Waals surface area contributed by atoms with Crippen molar-refractivity contribution in [3.05, 3.63) is 47.0 Å². The first-order chi connectivity index (χ1) is 11.5. The topological polar surface area (TPSA) is 55.4 Å². The molecule has 1 saturated carbocycles. The van der Waals surface area contributed by atoms with Crippen LogP contribution in [-0.2, 0) is 14.3 Å². The molecule has 24 heavy (non-hydrogen) atoms. The zero-order valence-electron chi connectivity index (χ0n) is 14.4. The molecule has 1 aliphatic heterocycles. The van der Waals surface area contributed by atoms with Gasteiger partial charge in [-0.2, -0.15) is 0 Å². The van der Waals surface area contributed by atoms with Gasteiger partial charge < -0.3 is 10.1 Å². The molecule has 0 unspecified atom stereocenters. The summed E-state index contributed by atoms with van der Waals surface area (Å²) in [6, 6.07) is 9.73. The molecule has 1 aliphatic carbocycles. The highest BCUT2D eigenvalue weighted by atomic mass is 16.6. The molecule has 1 N–H and O–H groups in total. The van der Waals surface area contributed by atoms with Crippen LogP contribution >= 0.6 is 0 Å². The first-order valence-electron chi connectivity index (χ1n) is 8.84. The summed E-state index contributed by atoms with van der Waals surface area (Å²) in [7, 11) is 0. The number of esters is 1. The summed E-state index contributed by atoms with van der Waals surface area (Å²) >= 11 is 0. The second-order valence-electron chi connectivity index (χ2n) is 6.90. The Kier molecular flexibility index (Phi) is 4.74. The number of hydrogen-bond donors (Lipinski definition) is 1.